The molecule has 8 nitrogen and oxygen atoms in total. The Hall–Kier alpha value is -4.43. The molecule has 6 rings (SSSR count). The molecule has 36 heavy (non-hydrogen) atoms. The summed E-state index contributed by atoms with van der Waals surface area (Å²) in [5.41, 5.74) is 7.39. The summed E-state index contributed by atoms with van der Waals surface area (Å²) < 4.78 is 7.31. The highest BCUT2D eigenvalue weighted by atomic mass is 16.5. The first-order valence-corrected chi connectivity index (χ1v) is 12.1. The number of anilines is 4. The van der Waals surface area contributed by atoms with Gasteiger partial charge in [0.25, 0.3) is 0 Å². The van der Waals surface area contributed by atoms with Gasteiger partial charge in [0.1, 0.15) is 6.67 Å². The first-order valence-electron chi connectivity index (χ1n) is 12.1. The Morgan fingerprint density at radius 3 is 2.33 bits per heavy atom. The second-order valence-electron chi connectivity index (χ2n) is 8.69. The first-order chi connectivity index (χ1) is 17.8. The number of hydrogen-bond donors (Lipinski definition) is 1. The molecule has 0 bridgehead atoms. The fraction of sp³-hybridized carbons (Fsp3) is 0.179. The summed E-state index contributed by atoms with van der Waals surface area (Å²) in [7, 11) is 0. The van der Waals surface area contributed by atoms with Crippen LogP contribution >= 0.6 is 0 Å². The first kappa shape index (κ1) is 22.1. The summed E-state index contributed by atoms with van der Waals surface area (Å²) in [5, 5.41) is 11.5. The molecule has 0 saturated carbocycles. The number of morpholine rings is 1. The van der Waals surface area contributed by atoms with Crippen molar-refractivity contribution in [2.75, 3.05) is 48.1 Å². The molecule has 0 atom stereocenters. The maximum Gasteiger partial charge on any atom is 0.115 e. The lowest BCUT2D eigenvalue weighted by atomic mass is 10.1. The fourth-order valence-electron chi connectivity index (χ4n) is 4.43. The number of aromatic nitrogens is 3. The molecule has 8 heteroatoms. The van der Waals surface area contributed by atoms with E-state index in [1.165, 1.54) is 5.69 Å². The molecule has 0 unspecified atom stereocenters. The number of ether oxygens (including phenoxy) is 1. The van der Waals surface area contributed by atoms with Crippen LogP contribution in [0.4, 0.5) is 22.7 Å². The van der Waals surface area contributed by atoms with Crippen molar-refractivity contribution in [2.45, 2.75) is 0 Å². The lowest BCUT2D eigenvalue weighted by Crippen LogP contribution is -2.36. The summed E-state index contributed by atoms with van der Waals surface area (Å²) in [6, 6.07) is 25.1. The number of para-hydroxylation sites is 1. The molecule has 0 amide bonds. The predicted octanol–water partition coefficient (Wildman–Crippen LogP) is 4.63. The van der Waals surface area contributed by atoms with E-state index in [1.807, 2.05) is 36.5 Å². The molecule has 4 aromatic rings. The summed E-state index contributed by atoms with van der Waals surface area (Å²) in [4.78, 5) is 9.42. The number of allylic oxidation sites excluding steroid dienone is 1. The normalized spacial score (nSPS) is 15.6. The summed E-state index contributed by atoms with van der Waals surface area (Å²) >= 11 is 0. The smallest absolute Gasteiger partial charge is 0.115 e. The molecule has 1 saturated heterocycles. The molecular weight excluding hydrogens is 450 g/mol. The number of rotatable bonds is 6. The van der Waals surface area contributed by atoms with Crippen molar-refractivity contribution in [3.05, 3.63) is 103 Å². The third kappa shape index (κ3) is 4.85. The minimum Gasteiger partial charge on any atom is -0.378 e. The quantitative estimate of drug-likeness (QED) is 0.437. The highest BCUT2D eigenvalue weighted by molar-refractivity contribution is 6.10. The van der Waals surface area contributed by atoms with E-state index in [-0.39, 0.29) is 0 Å². The highest BCUT2D eigenvalue weighted by Gasteiger charge is 2.16. The van der Waals surface area contributed by atoms with Gasteiger partial charge in [-0.15, -0.1) is 5.10 Å². The molecule has 2 aliphatic rings. The van der Waals surface area contributed by atoms with Crippen LogP contribution in [0.2, 0.25) is 0 Å². The van der Waals surface area contributed by atoms with E-state index < -0.39 is 0 Å². The standard InChI is InChI=1S/C28H27N7O/c1-2-4-23(5-3-1)31-24-18-22(19-27(20-24)33-14-16-36-17-15-33)28-10-12-34(21-29-28)25-6-8-26(9-7-25)35-13-11-30-32-35/h1-13,18-20,31H,14-17,21H2. The van der Waals surface area contributed by atoms with E-state index in [4.69, 9.17) is 9.73 Å². The molecule has 1 fully saturated rings. The lowest BCUT2D eigenvalue weighted by Gasteiger charge is -2.30. The van der Waals surface area contributed by atoms with Gasteiger partial charge in [0.2, 0.25) is 0 Å². The Bertz CT molecular complexity index is 1360. The maximum atomic E-state index is 5.57. The molecule has 0 aliphatic carbocycles. The Balaban J connectivity index is 1.24. The van der Waals surface area contributed by atoms with Gasteiger partial charge in [-0.05, 0) is 60.7 Å². The van der Waals surface area contributed by atoms with Crippen molar-refractivity contribution in [1.82, 2.24) is 15.0 Å². The van der Waals surface area contributed by atoms with E-state index in [0.29, 0.717) is 6.67 Å². The summed E-state index contributed by atoms with van der Waals surface area (Å²) in [5.74, 6) is 0. The van der Waals surface area contributed by atoms with Crippen LogP contribution in [-0.4, -0.2) is 53.7 Å². The fourth-order valence-corrected chi connectivity index (χ4v) is 4.43. The highest BCUT2D eigenvalue weighted by Crippen LogP contribution is 2.28. The third-order valence-electron chi connectivity index (χ3n) is 6.33. The zero-order valence-corrected chi connectivity index (χ0v) is 19.9. The van der Waals surface area contributed by atoms with Gasteiger partial charge >= 0.3 is 0 Å². The zero-order valence-electron chi connectivity index (χ0n) is 19.9. The van der Waals surface area contributed by atoms with Gasteiger partial charge in [-0.25, -0.2) is 4.68 Å². The van der Waals surface area contributed by atoms with Crippen LogP contribution in [-0.2, 0) is 4.74 Å². The van der Waals surface area contributed by atoms with Crippen LogP contribution in [0.3, 0.4) is 0 Å². The van der Waals surface area contributed by atoms with Gasteiger partial charge in [0.15, 0.2) is 0 Å². The van der Waals surface area contributed by atoms with Crippen molar-refractivity contribution < 1.29 is 4.74 Å². The van der Waals surface area contributed by atoms with Gasteiger partial charge in [-0.2, -0.15) is 0 Å². The number of hydrogen-bond acceptors (Lipinski definition) is 7. The van der Waals surface area contributed by atoms with E-state index in [1.54, 1.807) is 10.9 Å². The molecule has 3 heterocycles. The van der Waals surface area contributed by atoms with Crippen LogP contribution in [0.25, 0.3) is 5.69 Å². The average Bonchev–Trinajstić information content (AvgIpc) is 3.49. The number of nitrogens with one attached hydrogen (secondary N) is 1. The van der Waals surface area contributed by atoms with Crippen LogP contribution < -0.4 is 15.1 Å². The second-order valence-corrected chi connectivity index (χ2v) is 8.69. The van der Waals surface area contributed by atoms with E-state index in [9.17, 15) is 0 Å². The summed E-state index contributed by atoms with van der Waals surface area (Å²) in [6.45, 7) is 3.82. The molecule has 0 radical (unpaired) electrons. The number of benzene rings is 3. The molecule has 0 spiro atoms. The average molecular weight is 478 g/mol. The van der Waals surface area contributed by atoms with Gasteiger partial charge in [0, 0.05) is 47.6 Å². The van der Waals surface area contributed by atoms with Crippen molar-refractivity contribution in [2.24, 2.45) is 4.99 Å². The van der Waals surface area contributed by atoms with E-state index in [0.717, 1.165) is 60.3 Å². The summed E-state index contributed by atoms with van der Waals surface area (Å²) in [6.07, 6.45) is 7.68. The van der Waals surface area contributed by atoms with Crippen molar-refractivity contribution in [3.63, 3.8) is 0 Å². The third-order valence-corrected chi connectivity index (χ3v) is 6.33. The topological polar surface area (TPSA) is 70.8 Å². The van der Waals surface area contributed by atoms with E-state index >= 15 is 0 Å². The van der Waals surface area contributed by atoms with Crippen molar-refractivity contribution >= 4 is 28.5 Å². The maximum absolute atomic E-state index is 5.57. The second kappa shape index (κ2) is 10.1. The van der Waals surface area contributed by atoms with E-state index in [2.05, 4.69) is 80.2 Å². The molecule has 3 aromatic carbocycles. The molecule has 1 N–H and O–H groups in total. The minimum absolute atomic E-state index is 0.553. The predicted molar refractivity (Wildman–Crippen MR) is 144 cm³/mol. The van der Waals surface area contributed by atoms with Crippen LogP contribution in [0.5, 0.6) is 0 Å². The zero-order chi connectivity index (χ0) is 24.2. The Kier molecular flexibility index (Phi) is 6.16. The SMILES string of the molecule is C1=CN(c2ccc(-n3ccnn3)cc2)CN=C1c1cc(Nc2ccccc2)cc(N2CCOCC2)c1. The van der Waals surface area contributed by atoms with Gasteiger partial charge in [0.05, 0.1) is 37.0 Å². The van der Waals surface area contributed by atoms with Crippen LogP contribution in [0.1, 0.15) is 5.56 Å². The number of nitrogens with zero attached hydrogens (tertiary/aromatic N) is 6. The monoisotopic (exact) mass is 477 g/mol. The van der Waals surface area contributed by atoms with Crippen molar-refractivity contribution in [1.29, 1.82) is 0 Å². The largest absolute Gasteiger partial charge is 0.378 e. The minimum atomic E-state index is 0.553. The van der Waals surface area contributed by atoms with Gasteiger partial charge < -0.3 is 19.9 Å². The molecule has 2 aliphatic heterocycles. The Morgan fingerprint density at radius 2 is 1.61 bits per heavy atom. The number of aliphatic imine (C=N–C) groups is 1. The molecule has 180 valence electrons. The van der Waals surface area contributed by atoms with Crippen LogP contribution in [0.15, 0.2) is 102 Å². The molecule has 1 aromatic heterocycles. The lowest BCUT2D eigenvalue weighted by molar-refractivity contribution is 0.122. The Labute approximate surface area is 210 Å². The Morgan fingerprint density at radius 1 is 0.806 bits per heavy atom. The molecular formula is C28H27N7O. The van der Waals surface area contributed by atoms with Gasteiger partial charge in [-0.3, -0.25) is 4.99 Å². The van der Waals surface area contributed by atoms with Gasteiger partial charge in [-0.1, -0.05) is 23.4 Å². The van der Waals surface area contributed by atoms with Crippen molar-refractivity contribution in [3.8, 4) is 5.69 Å². The van der Waals surface area contributed by atoms with Crippen LogP contribution in [0, 0.1) is 0 Å².